The average molecular weight is 206 g/mol. The first-order chi connectivity index (χ1) is 7.28. The van der Waals surface area contributed by atoms with Crippen molar-refractivity contribution in [1.29, 1.82) is 0 Å². The van der Waals surface area contributed by atoms with Gasteiger partial charge in [0.1, 0.15) is 5.75 Å². The molecule has 0 aliphatic carbocycles. The van der Waals surface area contributed by atoms with Crippen molar-refractivity contribution in [3.05, 3.63) is 29.8 Å². The van der Waals surface area contributed by atoms with Crippen LogP contribution in [-0.2, 0) is 16.0 Å². The quantitative estimate of drug-likeness (QED) is 0.707. The molecule has 1 saturated heterocycles. The van der Waals surface area contributed by atoms with Crippen LogP contribution in [0, 0.1) is 5.92 Å². The van der Waals surface area contributed by atoms with Gasteiger partial charge in [-0.3, -0.25) is 4.79 Å². The van der Waals surface area contributed by atoms with E-state index < -0.39 is 0 Å². The van der Waals surface area contributed by atoms with E-state index in [0.717, 1.165) is 12.2 Å². The van der Waals surface area contributed by atoms with Crippen molar-refractivity contribution in [2.45, 2.75) is 12.8 Å². The van der Waals surface area contributed by atoms with Crippen molar-refractivity contribution in [3.8, 4) is 5.75 Å². The van der Waals surface area contributed by atoms with Gasteiger partial charge in [0.05, 0.1) is 20.1 Å². The second-order valence-corrected chi connectivity index (χ2v) is 3.81. The molecule has 1 aliphatic rings. The molecule has 3 heteroatoms. The Hall–Kier alpha value is -1.51. The SMILES string of the molecule is COc1ccc(CC2COC(=O)C2)cc1. The van der Waals surface area contributed by atoms with Crippen LogP contribution in [0.5, 0.6) is 5.75 Å². The lowest BCUT2D eigenvalue weighted by atomic mass is 9.99. The molecule has 1 aliphatic heterocycles. The van der Waals surface area contributed by atoms with E-state index in [-0.39, 0.29) is 5.97 Å². The monoisotopic (exact) mass is 206 g/mol. The molecular weight excluding hydrogens is 192 g/mol. The highest BCUT2D eigenvalue weighted by Crippen LogP contribution is 2.20. The molecular formula is C12H14O3. The topological polar surface area (TPSA) is 35.5 Å². The molecule has 1 atom stereocenters. The molecule has 0 aromatic heterocycles. The van der Waals surface area contributed by atoms with Gasteiger partial charge in [0.15, 0.2) is 0 Å². The van der Waals surface area contributed by atoms with E-state index in [1.165, 1.54) is 5.56 Å². The van der Waals surface area contributed by atoms with Gasteiger partial charge in [-0.2, -0.15) is 0 Å². The third-order valence-corrected chi connectivity index (χ3v) is 2.62. The molecule has 80 valence electrons. The Balaban J connectivity index is 1.96. The van der Waals surface area contributed by atoms with Gasteiger partial charge in [-0.05, 0) is 24.1 Å². The summed E-state index contributed by atoms with van der Waals surface area (Å²) in [5.41, 5.74) is 1.22. The molecule has 3 nitrogen and oxygen atoms in total. The molecule has 0 N–H and O–H groups in total. The summed E-state index contributed by atoms with van der Waals surface area (Å²) < 4.78 is 10.00. The summed E-state index contributed by atoms with van der Waals surface area (Å²) in [4.78, 5) is 10.9. The minimum absolute atomic E-state index is 0.0755. The molecule has 15 heavy (non-hydrogen) atoms. The number of esters is 1. The number of ether oxygens (including phenoxy) is 2. The fourth-order valence-electron chi connectivity index (χ4n) is 1.79. The summed E-state index contributed by atoms with van der Waals surface area (Å²) in [6.07, 6.45) is 1.45. The largest absolute Gasteiger partial charge is 0.497 e. The number of rotatable bonds is 3. The zero-order valence-corrected chi connectivity index (χ0v) is 8.73. The van der Waals surface area contributed by atoms with Crippen LogP contribution in [0.2, 0.25) is 0 Å². The van der Waals surface area contributed by atoms with Crippen molar-refractivity contribution in [2.24, 2.45) is 5.92 Å². The number of hydrogen-bond donors (Lipinski definition) is 0. The maximum Gasteiger partial charge on any atom is 0.306 e. The molecule has 0 radical (unpaired) electrons. The molecule has 2 rings (SSSR count). The van der Waals surface area contributed by atoms with Crippen LogP contribution in [0.15, 0.2) is 24.3 Å². The average Bonchev–Trinajstić information content (AvgIpc) is 2.65. The van der Waals surface area contributed by atoms with Crippen molar-refractivity contribution in [3.63, 3.8) is 0 Å². The maximum absolute atomic E-state index is 10.9. The van der Waals surface area contributed by atoms with Gasteiger partial charge in [0.2, 0.25) is 0 Å². The van der Waals surface area contributed by atoms with Crippen LogP contribution in [0.1, 0.15) is 12.0 Å². The second-order valence-electron chi connectivity index (χ2n) is 3.81. The minimum Gasteiger partial charge on any atom is -0.497 e. The third-order valence-electron chi connectivity index (χ3n) is 2.62. The van der Waals surface area contributed by atoms with Gasteiger partial charge in [-0.1, -0.05) is 12.1 Å². The van der Waals surface area contributed by atoms with E-state index in [2.05, 4.69) is 0 Å². The lowest BCUT2D eigenvalue weighted by Crippen LogP contribution is -2.03. The zero-order chi connectivity index (χ0) is 10.7. The Bertz CT molecular complexity index is 342. The highest BCUT2D eigenvalue weighted by Gasteiger charge is 2.23. The maximum atomic E-state index is 10.9. The van der Waals surface area contributed by atoms with Crippen LogP contribution in [0.3, 0.4) is 0 Å². The summed E-state index contributed by atoms with van der Waals surface area (Å²) in [6, 6.07) is 7.93. The Morgan fingerprint density at radius 1 is 1.40 bits per heavy atom. The summed E-state index contributed by atoms with van der Waals surface area (Å²) in [5, 5.41) is 0. The van der Waals surface area contributed by atoms with E-state index in [4.69, 9.17) is 9.47 Å². The summed E-state index contributed by atoms with van der Waals surface area (Å²) in [5.74, 6) is 1.12. The first-order valence-corrected chi connectivity index (χ1v) is 5.06. The van der Waals surface area contributed by atoms with Gasteiger partial charge in [-0.25, -0.2) is 0 Å². The van der Waals surface area contributed by atoms with Gasteiger partial charge in [-0.15, -0.1) is 0 Å². The van der Waals surface area contributed by atoms with Gasteiger partial charge in [0.25, 0.3) is 0 Å². The van der Waals surface area contributed by atoms with E-state index in [0.29, 0.717) is 18.9 Å². The number of hydrogen-bond acceptors (Lipinski definition) is 3. The van der Waals surface area contributed by atoms with Gasteiger partial charge in [0, 0.05) is 5.92 Å². The summed E-state index contributed by atoms with van der Waals surface area (Å²) >= 11 is 0. The van der Waals surface area contributed by atoms with E-state index in [1.54, 1.807) is 7.11 Å². The molecule has 1 heterocycles. The number of benzene rings is 1. The van der Waals surface area contributed by atoms with Gasteiger partial charge >= 0.3 is 5.97 Å². The third kappa shape index (κ3) is 2.49. The number of carbonyl (C=O) groups excluding carboxylic acids is 1. The standard InChI is InChI=1S/C12H14O3/c1-14-11-4-2-9(3-5-11)6-10-7-12(13)15-8-10/h2-5,10H,6-8H2,1H3. The first kappa shape index (κ1) is 10.0. The number of carbonyl (C=O) groups is 1. The Kier molecular flexibility index (Phi) is 2.90. The molecule has 0 bridgehead atoms. The molecule has 0 spiro atoms. The van der Waals surface area contributed by atoms with Crippen molar-refractivity contribution < 1.29 is 14.3 Å². The van der Waals surface area contributed by atoms with E-state index in [1.807, 2.05) is 24.3 Å². The van der Waals surface area contributed by atoms with Crippen molar-refractivity contribution in [2.75, 3.05) is 13.7 Å². The predicted octanol–water partition coefficient (Wildman–Crippen LogP) is 1.80. The Morgan fingerprint density at radius 3 is 2.67 bits per heavy atom. The number of methoxy groups -OCH3 is 1. The smallest absolute Gasteiger partial charge is 0.306 e. The lowest BCUT2D eigenvalue weighted by molar-refractivity contribution is -0.137. The van der Waals surface area contributed by atoms with Crippen LogP contribution in [0.25, 0.3) is 0 Å². The van der Waals surface area contributed by atoms with Gasteiger partial charge < -0.3 is 9.47 Å². The van der Waals surface area contributed by atoms with Crippen LogP contribution in [0.4, 0.5) is 0 Å². The first-order valence-electron chi connectivity index (χ1n) is 5.06. The molecule has 0 amide bonds. The molecule has 1 fully saturated rings. The normalized spacial score (nSPS) is 20.1. The van der Waals surface area contributed by atoms with E-state index >= 15 is 0 Å². The highest BCUT2D eigenvalue weighted by atomic mass is 16.5. The lowest BCUT2D eigenvalue weighted by Gasteiger charge is -2.06. The Morgan fingerprint density at radius 2 is 2.13 bits per heavy atom. The van der Waals surface area contributed by atoms with Crippen molar-refractivity contribution >= 4 is 5.97 Å². The predicted molar refractivity (Wildman–Crippen MR) is 55.8 cm³/mol. The zero-order valence-electron chi connectivity index (χ0n) is 8.73. The molecule has 0 saturated carbocycles. The highest BCUT2D eigenvalue weighted by molar-refractivity contribution is 5.71. The summed E-state index contributed by atoms with van der Waals surface area (Å²) in [7, 11) is 1.65. The molecule has 1 aromatic rings. The molecule has 1 aromatic carbocycles. The number of cyclic esters (lactones) is 1. The second kappa shape index (κ2) is 4.34. The Labute approximate surface area is 89.0 Å². The minimum atomic E-state index is -0.0755. The van der Waals surface area contributed by atoms with E-state index in [9.17, 15) is 4.79 Å². The fraction of sp³-hybridized carbons (Fsp3) is 0.417. The van der Waals surface area contributed by atoms with Crippen LogP contribution in [-0.4, -0.2) is 19.7 Å². The fourth-order valence-corrected chi connectivity index (χ4v) is 1.79. The van der Waals surface area contributed by atoms with Crippen LogP contribution < -0.4 is 4.74 Å². The molecule has 1 unspecified atom stereocenters. The van der Waals surface area contributed by atoms with Crippen molar-refractivity contribution in [1.82, 2.24) is 0 Å². The van der Waals surface area contributed by atoms with Crippen LogP contribution >= 0.6 is 0 Å². The summed E-state index contributed by atoms with van der Waals surface area (Å²) in [6.45, 7) is 0.560.